The van der Waals surface area contributed by atoms with E-state index in [-0.39, 0.29) is 17.9 Å². The Labute approximate surface area is 181 Å². The van der Waals surface area contributed by atoms with Crippen LogP contribution in [0.15, 0.2) is 71.6 Å². The largest absolute Gasteiger partial charge is 0.493 e. The number of anilines is 1. The molecule has 4 rings (SSSR count). The third kappa shape index (κ3) is 4.34. The molecular weight excluding hydrogens is 427 g/mol. The van der Waals surface area contributed by atoms with Gasteiger partial charge in [0.2, 0.25) is 0 Å². The number of benzene rings is 3. The number of carbonyl (C=O) groups excluding carboxylic acids is 1. The lowest BCUT2D eigenvalue weighted by atomic mass is 10.1. The number of hydrogen-bond acceptors (Lipinski definition) is 4. The summed E-state index contributed by atoms with van der Waals surface area (Å²) >= 11 is 1.45. The number of nitrogens with zero attached hydrogens (tertiary/aromatic N) is 1. The van der Waals surface area contributed by atoms with Crippen LogP contribution in [0.4, 0.5) is 18.9 Å². The van der Waals surface area contributed by atoms with Gasteiger partial charge in [0.1, 0.15) is 12.2 Å². The van der Waals surface area contributed by atoms with E-state index in [2.05, 4.69) is 0 Å². The first-order valence-electron chi connectivity index (χ1n) is 9.38. The number of methoxy groups -OCH3 is 1. The number of para-hydroxylation sites is 1. The van der Waals surface area contributed by atoms with Crippen molar-refractivity contribution in [3.8, 4) is 11.5 Å². The van der Waals surface area contributed by atoms with E-state index in [9.17, 15) is 18.0 Å². The average molecular weight is 445 g/mol. The van der Waals surface area contributed by atoms with Gasteiger partial charge in [0.25, 0.3) is 5.91 Å². The van der Waals surface area contributed by atoms with Gasteiger partial charge in [0.15, 0.2) is 11.5 Å². The van der Waals surface area contributed by atoms with Crippen LogP contribution in [0.3, 0.4) is 0 Å². The number of ether oxygens (including phenoxy) is 2. The van der Waals surface area contributed by atoms with Gasteiger partial charge in [-0.2, -0.15) is 13.2 Å². The predicted octanol–water partition coefficient (Wildman–Crippen LogP) is 6.00. The molecule has 1 amide bonds. The number of carbonyl (C=O) groups is 1. The molecular formula is C23H18F3NO3S. The smallest absolute Gasteiger partial charge is 0.420 e. The minimum Gasteiger partial charge on any atom is -0.493 e. The fraction of sp³-hybridized carbons (Fsp3) is 0.174. The molecule has 31 heavy (non-hydrogen) atoms. The lowest BCUT2D eigenvalue weighted by molar-refractivity contribution is -0.139. The molecule has 0 aromatic heterocycles. The summed E-state index contributed by atoms with van der Waals surface area (Å²) in [6.45, 7) is -0.0658. The van der Waals surface area contributed by atoms with E-state index in [1.165, 1.54) is 29.8 Å². The van der Waals surface area contributed by atoms with Crippen molar-refractivity contribution < 1.29 is 27.4 Å². The van der Waals surface area contributed by atoms with E-state index in [4.69, 9.17) is 9.47 Å². The van der Waals surface area contributed by atoms with Gasteiger partial charge < -0.3 is 9.47 Å². The molecule has 0 spiro atoms. The maximum Gasteiger partial charge on any atom is 0.420 e. The summed E-state index contributed by atoms with van der Waals surface area (Å²) in [5.41, 5.74) is 0.220. The molecule has 0 N–H and O–H groups in total. The Morgan fingerprint density at radius 3 is 2.48 bits per heavy atom. The molecule has 0 saturated carbocycles. The summed E-state index contributed by atoms with van der Waals surface area (Å²) in [5, 5.41) is 0. The molecule has 8 heteroatoms. The molecule has 4 nitrogen and oxygen atoms in total. The average Bonchev–Trinajstić information content (AvgIpc) is 3.21. The Morgan fingerprint density at radius 2 is 1.77 bits per heavy atom. The quantitative estimate of drug-likeness (QED) is 0.483. The molecule has 0 aliphatic carbocycles. The van der Waals surface area contributed by atoms with E-state index in [0.717, 1.165) is 11.0 Å². The minimum absolute atomic E-state index is 0.0658. The van der Waals surface area contributed by atoms with E-state index in [1.54, 1.807) is 42.5 Å². The van der Waals surface area contributed by atoms with Gasteiger partial charge in [0, 0.05) is 10.5 Å². The highest BCUT2D eigenvalue weighted by molar-refractivity contribution is 8.00. The first kappa shape index (κ1) is 21.1. The number of halogens is 3. The summed E-state index contributed by atoms with van der Waals surface area (Å²) in [6.07, 6.45) is -4.73. The summed E-state index contributed by atoms with van der Waals surface area (Å²) in [7, 11) is 1.25. The summed E-state index contributed by atoms with van der Waals surface area (Å²) in [5.74, 6) is -0.787. The number of amides is 1. The first-order valence-corrected chi connectivity index (χ1v) is 10.4. The van der Waals surface area contributed by atoms with Gasteiger partial charge in [-0.3, -0.25) is 9.69 Å². The zero-order valence-electron chi connectivity index (χ0n) is 16.5. The standard InChI is InChI=1S/C23H18F3NO3S/c1-29-19-12-16(22(28)27-14-31-20-10-6-5-9-18(20)27)11-17(23(24,25)26)21(19)30-13-15-7-3-2-4-8-15/h2-12H,13-14H2,1H3. The third-order valence-corrected chi connectivity index (χ3v) is 5.85. The Balaban J connectivity index is 1.71. The highest BCUT2D eigenvalue weighted by atomic mass is 32.2. The molecule has 1 aliphatic rings. The molecule has 3 aromatic rings. The molecule has 160 valence electrons. The molecule has 3 aromatic carbocycles. The van der Waals surface area contributed by atoms with Gasteiger partial charge in [-0.05, 0) is 29.8 Å². The summed E-state index contributed by atoms with van der Waals surface area (Å²) < 4.78 is 52.4. The van der Waals surface area contributed by atoms with Crippen molar-refractivity contribution in [1.29, 1.82) is 0 Å². The zero-order chi connectivity index (χ0) is 22.0. The van der Waals surface area contributed by atoms with Crippen LogP contribution in [0.1, 0.15) is 21.5 Å². The minimum atomic E-state index is -4.73. The van der Waals surface area contributed by atoms with Crippen LogP contribution in [0, 0.1) is 0 Å². The Kier molecular flexibility index (Phi) is 5.82. The van der Waals surface area contributed by atoms with E-state index < -0.39 is 23.4 Å². The normalized spacial score (nSPS) is 13.1. The highest BCUT2D eigenvalue weighted by Crippen LogP contribution is 2.44. The van der Waals surface area contributed by atoms with Gasteiger partial charge >= 0.3 is 6.18 Å². The number of rotatable bonds is 5. The van der Waals surface area contributed by atoms with Crippen molar-refractivity contribution in [2.75, 3.05) is 17.9 Å². The van der Waals surface area contributed by atoms with Crippen molar-refractivity contribution in [1.82, 2.24) is 0 Å². The van der Waals surface area contributed by atoms with Crippen molar-refractivity contribution in [2.45, 2.75) is 17.7 Å². The molecule has 0 unspecified atom stereocenters. The van der Waals surface area contributed by atoms with Crippen LogP contribution >= 0.6 is 11.8 Å². The monoisotopic (exact) mass is 445 g/mol. The van der Waals surface area contributed by atoms with Crippen molar-refractivity contribution in [3.63, 3.8) is 0 Å². The SMILES string of the molecule is COc1cc(C(=O)N2CSc3ccccc32)cc(C(F)(F)F)c1OCc1ccccc1. The molecule has 0 fully saturated rings. The number of hydrogen-bond donors (Lipinski definition) is 0. The van der Waals surface area contributed by atoms with Gasteiger partial charge in [-0.1, -0.05) is 42.5 Å². The second-order valence-corrected chi connectivity index (χ2v) is 7.79. The van der Waals surface area contributed by atoms with Gasteiger partial charge in [-0.15, -0.1) is 11.8 Å². The molecule has 0 saturated heterocycles. The highest BCUT2D eigenvalue weighted by Gasteiger charge is 2.38. The van der Waals surface area contributed by atoms with Crippen molar-refractivity contribution in [3.05, 3.63) is 83.4 Å². The molecule has 0 radical (unpaired) electrons. The zero-order valence-corrected chi connectivity index (χ0v) is 17.3. The molecule has 0 bridgehead atoms. The summed E-state index contributed by atoms with van der Waals surface area (Å²) in [6, 6.07) is 18.3. The van der Waals surface area contributed by atoms with Crippen LogP contribution in [0.25, 0.3) is 0 Å². The van der Waals surface area contributed by atoms with Crippen LogP contribution in [0.2, 0.25) is 0 Å². The van der Waals surface area contributed by atoms with Crippen molar-refractivity contribution >= 4 is 23.4 Å². The number of alkyl halides is 3. The lowest BCUT2D eigenvalue weighted by Gasteiger charge is -2.21. The number of fused-ring (bicyclic) bond motifs is 1. The summed E-state index contributed by atoms with van der Waals surface area (Å²) in [4.78, 5) is 15.5. The Morgan fingerprint density at radius 1 is 1.06 bits per heavy atom. The fourth-order valence-corrected chi connectivity index (χ4v) is 4.32. The first-order chi connectivity index (χ1) is 14.9. The fourth-order valence-electron chi connectivity index (χ4n) is 3.30. The van der Waals surface area contributed by atoms with E-state index in [0.29, 0.717) is 17.1 Å². The van der Waals surface area contributed by atoms with Crippen LogP contribution in [0.5, 0.6) is 11.5 Å². The van der Waals surface area contributed by atoms with Crippen LogP contribution in [-0.4, -0.2) is 18.9 Å². The topological polar surface area (TPSA) is 38.8 Å². The molecule has 1 heterocycles. The molecule has 0 atom stereocenters. The van der Waals surface area contributed by atoms with Gasteiger partial charge in [-0.25, -0.2) is 0 Å². The maximum absolute atomic E-state index is 13.9. The van der Waals surface area contributed by atoms with Crippen molar-refractivity contribution in [2.24, 2.45) is 0 Å². The van der Waals surface area contributed by atoms with Crippen LogP contribution in [-0.2, 0) is 12.8 Å². The second kappa shape index (κ2) is 8.55. The van der Waals surface area contributed by atoms with E-state index >= 15 is 0 Å². The Bertz CT molecular complexity index is 1100. The van der Waals surface area contributed by atoms with Crippen LogP contribution < -0.4 is 14.4 Å². The van der Waals surface area contributed by atoms with Gasteiger partial charge in [0.05, 0.1) is 18.7 Å². The van der Waals surface area contributed by atoms with E-state index in [1.807, 2.05) is 12.1 Å². The Hall–Kier alpha value is -3.13. The third-order valence-electron chi connectivity index (χ3n) is 4.80. The predicted molar refractivity (Wildman–Crippen MR) is 113 cm³/mol. The molecule has 1 aliphatic heterocycles. The second-order valence-electron chi connectivity index (χ2n) is 6.80. The maximum atomic E-state index is 13.9. The lowest BCUT2D eigenvalue weighted by Crippen LogP contribution is -2.28. The number of thioether (sulfide) groups is 1.